The van der Waals surface area contributed by atoms with Crippen LogP contribution in [-0.4, -0.2) is 28.1 Å². The fourth-order valence-corrected chi connectivity index (χ4v) is 2.13. The molecule has 0 aliphatic carbocycles. The van der Waals surface area contributed by atoms with Crippen molar-refractivity contribution in [3.8, 4) is 5.75 Å². The maximum absolute atomic E-state index is 11.4. The lowest BCUT2D eigenvalue weighted by atomic mass is 9.73. The van der Waals surface area contributed by atoms with Gasteiger partial charge in [-0.2, -0.15) is 0 Å². The zero-order valence-electron chi connectivity index (χ0n) is 9.25. The lowest BCUT2D eigenvalue weighted by Crippen LogP contribution is -2.44. The van der Waals surface area contributed by atoms with Gasteiger partial charge >= 0.3 is 17.9 Å². The molecule has 1 heterocycles. The Morgan fingerprint density at radius 3 is 2.56 bits per heavy atom. The van der Waals surface area contributed by atoms with E-state index in [2.05, 4.69) is 0 Å². The molecule has 6 nitrogen and oxygen atoms in total. The summed E-state index contributed by atoms with van der Waals surface area (Å²) < 4.78 is 4.92. The van der Waals surface area contributed by atoms with Crippen molar-refractivity contribution in [2.45, 2.75) is 18.3 Å². The van der Waals surface area contributed by atoms with Crippen LogP contribution in [0.25, 0.3) is 0 Å². The summed E-state index contributed by atoms with van der Waals surface area (Å²) in [5.41, 5.74) is -1.53. The number of carbonyl (C=O) groups is 3. The fourth-order valence-electron chi connectivity index (χ4n) is 2.13. The Balaban J connectivity index is 2.62. The van der Waals surface area contributed by atoms with E-state index in [-0.39, 0.29) is 11.3 Å². The summed E-state index contributed by atoms with van der Waals surface area (Å²) in [4.78, 5) is 33.8. The number of hydrogen-bond acceptors (Lipinski definition) is 4. The maximum Gasteiger partial charge on any atom is 0.315 e. The number of fused-ring (bicyclic) bond motifs is 1. The second-order valence-electron chi connectivity index (χ2n) is 4.10. The maximum atomic E-state index is 11.4. The third kappa shape index (κ3) is 1.81. The minimum absolute atomic E-state index is 0.109. The molecule has 2 rings (SSSR count). The van der Waals surface area contributed by atoms with E-state index in [1.54, 1.807) is 12.1 Å². The first kappa shape index (κ1) is 12.1. The van der Waals surface area contributed by atoms with Crippen LogP contribution in [0.3, 0.4) is 0 Å². The van der Waals surface area contributed by atoms with Crippen LogP contribution in [0.15, 0.2) is 24.3 Å². The van der Waals surface area contributed by atoms with E-state index in [1.165, 1.54) is 12.1 Å². The number of aliphatic carboxylic acids is 2. The Bertz CT molecular complexity index is 535. The zero-order valence-corrected chi connectivity index (χ0v) is 9.25. The van der Waals surface area contributed by atoms with E-state index in [4.69, 9.17) is 9.84 Å². The number of ether oxygens (including phenoxy) is 1. The van der Waals surface area contributed by atoms with Gasteiger partial charge in [-0.25, -0.2) is 0 Å². The molecule has 18 heavy (non-hydrogen) atoms. The molecule has 0 spiro atoms. The number of hydrogen-bond donors (Lipinski definition) is 2. The van der Waals surface area contributed by atoms with Crippen molar-refractivity contribution in [1.29, 1.82) is 0 Å². The molecule has 0 saturated heterocycles. The van der Waals surface area contributed by atoms with Crippen LogP contribution in [0.5, 0.6) is 5.75 Å². The third-order valence-corrected chi connectivity index (χ3v) is 2.93. The molecule has 0 amide bonds. The normalized spacial score (nSPS) is 21.9. The summed E-state index contributed by atoms with van der Waals surface area (Å²) in [6.45, 7) is 0. The van der Waals surface area contributed by atoms with Crippen LogP contribution >= 0.6 is 0 Å². The SMILES string of the molecule is O=C(O)CC1(C(=O)O)CC(=O)Oc2ccccc21. The van der Waals surface area contributed by atoms with Crippen LogP contribution in [0.1, 0.15) is 18.4 Å². The van der Waals surface area contributed by atoms with Gasteiger partial charge in [-0.3, -0.25) is 14.4 Å². The first-order valence-electron chi connectivity index (χ1n) is 5.21. The summed E-state index contributed by atoms with van der Waals surface area (Å²) in [6, 6.07) is 6.09. The molecule has 1 aromatic rings. The highest BCUT2D eigenvalue weighted by Gasteiger charge is 2.49. The molecular weight excluding hydrogens is 240 g/mol. The Morgan fingerprint density at radius 2 is 1.94 bits per heavy atom. The molecule has 0 fully saturated rings. The van der Waals surface area contributed by atoms with E-state index in [0.717, 1.165) is 0 Å². The van der Waals surface area contributed by atoms with Crippen molar-refractivity contribution in [1.82, 2.24) is 0 Å². The molecule has 1 aliphatic heterocycles. The monoisotopic (exact) mass is 250 g/mol. The molecule has 1 aromatic carbocycles. The molecule has 2 N–H and O–H groups in total. The lowest BCUT2D eigenvalue weighted by molar-refractivity contribution is -0.155. The fraction of sp³-hybridized carbons (Fsp3) is 0.250. The number of rotatable bonds is 3. The van der Waals surface area contributed by atoms with Crippen molar-refractivity contribution in [3.63, 3.8) is 0 Å². The summed E-state index contributed by atoms with van der Waals surface area (Å²) in [6.07, 6.45) is -1.14. The van der Waals surface area contributed by atoms with Crippen molar-refractivity contribution >= 4 is 17.9 Å². The summed E-state index contributed by atoms with van der Waals surface area (Å²) in [5.74, 6) is -3.24. The van der Waals surface area contributed by atoms with Crippen LogP contribution in [-0.2, 0) is 19.8 Å². The Labute approximate surface area is 102 Å². The van der Waals surface area contributed by atoms with Crippen molar-refractivity contribution in [2.75, 3.05) is 0 Å². The van der Waals surface area contributed by atoms with Gasteiger partial charge in [0.05, 0.1) is 12.8 Å². The topological polar surface area (TPSA) is 101 Å². The van der Waals surface area contributed by atoms with Gasteiger partial charge in [-0.05, 0) is 6.07 Å². The lowest BCUT2D eigenvalue weighted by Gasteiger charge is -2.32. The first-order valence-corrected chi connectivity index (χ1v) is 5.21. The Morgan fingerprint density at radius 1 is 1.28 bits per heavy atom. The number of esters is 1. The number of benzene rings is 1. The molecule has 1 aliphatic rings. The smallest absolute Gasteiger partial charge is 0.315 e. The average Bonchev–Trinajstić information content (AvgIpc) is 2.27. The van der Waals surface area contributed by atoms with Crippen LogP contribution in [0.4, 0.5) is 0 Å². The number of para-hydroxylation sites is 1. The summed E-state index contributed by atoms with van der Waals surface area (Å²) in [7, 11) is 0. The number of carboxylic acid groups (broad SMARTS) is 2. The molecule has 1 unspecified atom stereocenters. The standard InChI is InChI=1S/C12H10O6/c13-9(14)5-12(11(16)17)6-10(15)18-8-4-2-1-3-7(8)12/h1-4H,5-6H2,(H,13,14)(H,16,17). The summed E-state index contributed by atoms with van der Waals surface area (Å²) in [5, 5.41) is 18.2. The van der Waals surface area contributed by atoms with E-state index >= 15 is 0 Å². The molecule has 94 valence electrons. The number of carboxylic acids is 2. The highest BCUT2D eigenvalue weighted by atomic mass is 16.5. The van der Waals surface area contributed by atoms with Crippen LogP contribution in [0.2, 0.25) is 0 Å². The van der Waals surface area contributed by atoms with Gasteiger partial charge in [-0.1, -0.05) is 18.2 Å². The molecule has 6 heteroatoms. The molecule has 0 bridgehead atoms. The van der Waals surface area contributed by atoms with Crippen molar-refractivity contribution < 1.29 is 29.3 Å². The molecule has 0 radical (unpaired) electrons. The van der Waals surface area contributed by atoms with Gasteiger partial charge in [-0.15, -0.1) is 0 Å². The van der Waals surface area contributed by atoms with E-state index < -0.39 is 36.2 Å². The molecule has 1 atom stereocenters. The minimum Gasteiger partial charge on any atom is -0.481 e. The molecular formula is C12H10O6. The van der Waals surface area contributed by atoms with Gasteiger partial charge in [0.15, 0.2) is 0 Å². The van der Waals surface area contributed by atoms with Crippen molar-refractivity contribution in [2.24, 2.45) is 0 Å². The highest BCUT2D eigenvalue weighted by molar-refractivity contribution is 5.94. The third-order valence-electron chi connectivity index (χ3n) is 2.93. The van der Waals surface area contributed by atoms with Gasteiger partial charge in [0.2, 0.25) is 0 Å². The van der Waals surface area contributed by atoms with E-state index in [9.17, 15) is 19.5 Å². The minimum atomic E-state index is -1.75. The molecule has 0 aromatic heterocycles. The Kier molecular flexibility index (Phi) is 2.78. The molecule has 0 saturated carbocycles. The largest absolute Gasteiger partial charge is 0.481 e. The van der Waals surface area contributed by atoms with Crippen LogP contribution in [0, 0.1) is 0 Å². The van der Waals surface area contributed by atoms with Gasteiger partial charge < -0.3 is 14.9 Å². The second-order valence-corrected chi connectivity index (χ2v) is 4.10. The van der Waals surface area contributed by atoms with E-state index in [1.807, 2.05) is 0 Å². The summed E-state index contributed by atoms with van der Waals surface area (Å²) >= 11 is 0. The Hall–Kier alpha value is -2.37. The van der Waals surface area contributed by atoms with E-state index in [0.29, 0.717) is 0 Å². The average molecular weight is 250 g/mol. The van der Waals surface area contributed by atoms with Crippen LogP contribution < -0.4 is 4.74 Å². The highest BCUT2D eigenvalue weighted by Crippen LogP contribution is 2.41. The predicted octanol–water partition coefficient (Wildman–Crippen LogP) is 0.793. The van der Waals surface area contributed by atoms with Gasteiger partial charge in [0, 0.05) is 5.56 Å². The zero-order chi connectivity index (χ0) is 13.3. The van der Waals surface area contributed by atoms with Crippen molar-refractivity contribution in [3.05, 3.63) is 29.8 Å². The number of carbonyl (C=O) groups excluding carboxylic acids is 1. The van der Waals surface area contributed by atoms with Gasteiger partial charge in [0.1, 0.15) is 11.2 Å². The predicted molar refractivity (Wildman–Crippen MR) is 58.3 cm³/mol. The van der Waals surface area contributed by atoms with Gasteiger partial charge in [0.25, 0.3) is 0 Å². The quantitative estimate of drug-likeness (QED) is 0.607. The second kappa shape index (κ2) is 4.14. The first-order chi connectivity index (χ1) is 8.45.